The second kappa shape index (κ2) is 4.99. The van der Waals surface area contributed by atoms with Crippen molar-refractivity contribution in [2.45, 2.75) is 69.7 Å². The third-order valence-corrected chi connectivity index (χ3v) is 9.11. The lowest BCUT2D eigenvalue weighted by Gasteiger charge is -2.59. The predicted molar refractivity (Wildman–Crippen MR) is 91.9 cm³/mol. The first-order valence-electron chi connectivity index (χ1n) is 9.06. The van der Waals surface area contributed by atoms with E-state index in [4.69, 9.17) is 0 Å². The van der Waals surface area contributed by atoms with Crippen LogP contribution in [0.3, 0.4) is 0 Å². The standard InChI is InChI=1S/C19H29BrO2/c1-18-7-5-12(21)9-11(18)3-4-13-14(18)6-8-19(2)15(13)10-16(20)17(19)22/h5,11,13-17,21-22H,3-4,6-10H2,1-2H3/t11-,13+,14-,15-,16-,17-,18-,19-/m0/s1. The maximum Gasteiger partial charge on any atom is 0.0886 e. The maximum atomic E-state index is 10.7. The quantitative estimate of drug-likeness (QED) is 0.602. The first-order chi connectivity index (χ1) is 10.4. The molecule has 0 saturated heterocycles. The van der Waals surface area contributed by atoms with Crippen LogP contribution < -0.4 is 0 Å². The van der Waals surface area contributed by atoms with Crippen LogP contribution in [0.1, 0.15) is 58.8 Å². The number of rotatable bonds is 0. The monoisotopic (exact) mass is 368 g/mol. The second-order valence-corrected chi connectivity index (χ2v) is 10.2. The number of fused-ring (bicyclic) bond motifs is 5. The number of allylic oxidation sites excluding steroid dienone is 2. The number of alkyl halides is 1. The van der Waals surface area contributed by atoms with Gasteiger partial charge in [0, 0.05) is 11.2 Å². The smallest absolute Gasteiger partial charge is 0.0886 e. The molecule has 124 valence electrons. The van der Waals surface area contributed by atoms with Gasteiger partial charge in [-0.15, -0.1) is 0 Å². The molecule has 8 atom stereocenters. The molecular formula is C19H29BrO2. The van der Waals surface area contributed by atoms with E-state index in [0.29, 0.717) is 23.0 Å². The van der Waals surface area contributed by atoms with E-state index in [2.05, 4.69) is 35.9 Å². The molecule has 3 heteroatoms. The Balaban J connectivity index is 1.66. The van der Waals surface area contributed by atoms with Crippen molar-refractivity contribution < 1.29 is 10.2 Å². The molecule has 0 radical (unpaired) electrons. The Morgan fingerprint density at radius 2 is 1.91 bits per heavy atom. The Morgan fingerprint density at radius 1 is 1.14 bits per heavy atom. The molecule has 0 amide bonds. The molecule has 4 aliphatic rings. The van der Waals surface area contributed by atoms with Crippen molar-refractivity contribution in [3.05, 3.63) is 11.8 Å². The van der Waals surface area contributed by atoms with Gasteiger partial charge >= 0.3 is 0 Å². The molecule has 4 rings (SSSR count). The molecule has 22 heavy (non-hydrogen) atoms. The highest BCUT2D eigenvalue weighted by molar-refractivity contribution is 9.09. The van der Waals surface area contributed by atoms with Crippen LogP contribution in [0.4, 0.5) is 0 Å². The van der Waals surface area contributed by atoms with Gasteiger partial charge in [-0.3, -0.25) is 0 Å². The van der Waals surface area contributed by atoms with Crippen LogP contribution in [0.2, 0.25) is 0 Å². The van der Waals surface area contributed by atoms with Crippen molar-refractivity contribution >= 4 is 15.9 Å². The summed E-state index contributed by atoms with van der Waals surface area (Å²) in [7, 11) is 0. The molecule has 0 aromatic rings. The van der Waals surface area contributed by atoms with Crippen molar-refractivity contribution in [1.29, 1.82) is 0 Å². The molecule has 0 aromatic heterocycles. The second-order valence-electron chi connectivity index (χ2n) is 9.00. The average Bonchev–Trinajstić information content (AvgIpc) is 2.72. The van der Waals surface area contributed by atoms with Gasteiger partial charge in [-0.1, -0.05) is 29.8 Å². The van der Waals surface area contributed by atoms with Gasteiger partial charge in [0.2, 0.25) is 0 Å². The van der Waals surface area contributed by atoms with E-state index in [-0.39, 0.29) is 16.3 Å². The molecule has 0 bridgehead atoms. The summed E-state index contributed by atoms with van der Waals surface area (Å²) in [5.74, 6) is 3.50. The molecule has 0 aliphatic heterocycles. The summed E-state index contributed by atoms with van der Waals surface area (Å²) < 4.78 is 0. The third kappa shape index (κ3) is 1.94. The summed E-state index contributed by atoms with van der Waals surface area (Å²) in [4.78, 5) is 0.280. The van der Waals surface area contributed by atoms with Gasteiger partial charge in [0.25, 0.3) is 0 Å². The summed E-state index contributed by atoms with van der Waals surface area (Å²) >= 11 is 3.74. The highest BCUT2D eigenvalue weighted by Crippen LogP contribution is 2.66. The van der Waals surface area contributed by atoms with E-state index in [9.17, 15) is 10.2 Å². The van der Waals surface area contributed by atoms with Crippen LogP contribution in [0.25, 0.3) is 0 Å². The fourth-order valence-corrected chi connectivity index (χ4v) is 7.81. The largest absolute Gasteiger partial charge is 0.513 e. The van der Waals surface area contributed by atoms with E-state index < -0.39 is 0 Å². The Labute approximate surface area is 142 Å². The molecule has 2 N–H and O–H groups in total. The van der Waals surface area contributed by atoms with E-state index in [0.717, 1.165) is 31.1 Å². The van der Waals surface area contributed by atoms with Crippen molar-refractivity contribution in [3.63, 3.8) is 0 Å². The Morgan fingerprint density at radius 3 is 2.68 bits per heavy atom. The molecule has 4 aliphatic carbocycles. The zero-order valence-electron chi connectivity index (χ0n) is 13.8. The summed E-state index contributed by atoms with van der Waals surface area (Å²) in [6.45, 7) is 4.82. The van der Waals surface area contributed by atoms with Crippen LogP contribution in [0, 0.1) is 34.5 Å². The maximum absolute atomic E-state index is 10.7. The molecule has 2 nitrogen and oxygen atoms in total. The minimum atomic E-state index is -0.181. The van der Waals surface area contributed by atoms with Crippen LogP contribution in [0.15, 0.2) is 11.8 Å². The van der Waals surface area contributed by atoms with Crippen molar-refractivity contribution in [2.24, 2.45) is 34.5 Å². The fraction of sp³-hybridized carbons (Fsp3) is 0.895. The zero-order chi connectivity index (χ0) is 15.7. The van der Waals surface area contributed by atoms with E-state index in [1.807, 2.05) is 0 Å². The summed E-state index contributed by atoms with van der Waals surface area (Å²) in [6.07, 6.45) is 9.97. The van der Waals surface area contributed by atoms with Crippen molar-refractivity contribution in [3.8, 4) is 0 Å². The minimum Gasteiger partial charge on any atom is -0.513 e. The van der Waals surface area contributed by atoms with Gasteiger partial charge in [0.1, 0.15) is 0 Å². The lowest BCUT2D eigenvalue weighted by molar-refractivity contribution is -0.111. The molecular weight excluding hydrogens is 340 g/mol. The summed E-state index contributed by atoms with van der Waals surface area (Å²) in [6, 6.07) is 0. The number of hydrogen-bond donors (Lipinski definition) is 2. The minimum absolute atomic E-state index is 0.116. The Bertz CT molecular complexity index is 504. The molecule has 3 saturated carbocycles. The van der Waals surface area contributed by atoms with E-state index in [1.165, 1.54) is 25.7 Å². The molecule has 0 spiro atoms. The van der Waals surface area contributed by atoms with Crippen LogP contribution >= 0.6 is 15.9 Å². The van der Waals surface area contributed by atoms with Gasteiger partial charge in [0.05, 0.1) is 11.9 Å². The van der Waals surface area contributed by atoms with Crippen LogP contribution in [0.5, 0.6) is 0 Å². The van der Waals surface area contributed by atoms with Gasteiger partial charge in [0.15, 0.2) is 0 Å². The number of aliphatic hydroxyl groups is 2. The van der Waals surface area contributed by atoms with Crippen LogP contribution in [-0.4, -0.2) is 21.1 Å². The van der Waals surface area contributed by atoms with Gasteiger partial charge < -0.3 is 10.2 Å². The van der Waals surface area contributed by atoms with E-state index in [1.54, 1.807) is 0 Å². The fourth-order valence-electron chi connectivity index (χ4n) is 6.81. The molecule has 0 aromatic carbocycles. The van der Waals surface area contributed by atoms with Crippen LogP contribution in [-0.2, 0) is 0 Å². The number of aliphatic hydroxyl groups excluding tert-OH is 2. The number of halogens is 1. The SMILES string of the molecule is C[C@]12CC=C(O)C[C@@H]1CC[C@@H]1[C@@H]2CC[C@]2(C)[C@@H](O)[C@@H](Br)C[C@@H]12. The highest BCUT2D eigenvalue weighted by atomic mass is 79.9. The lowest BCUT2D eigenvalue weighted by atomic mass is 9.46. The Hall–Kier alpha value is -0.0200. The molecule has 0 unspecified atom stereocenters. The van der Waals surface area contributed by atoms with Gasteiger partial charge in [-0.25, -0.2) is 0 Å². The topological polar surface area (TPSA) is 40.5 Å². The van der Waals surface area contributed by atoms with Crippen molar-refractivity contribution in [2.75, 3.05) is 0 Å². The normalized spacial score (nSPS) is 57.5. The van der Waals surface area contributed by atoms with Crippen molar-refractivity contribution in [1.82, 2.24) is 0 Å². The van der Waals surface area contributed by atoms with Gasteiger partial charge in [-0.2, -0.15) is 0 Å². The molecule has 3 fully saturated rings. The lowest BCUT2D eigenvalue weighted by Crippen LogP contribution is -2.53. The van der Waals surface area contributed by atoms with Gasteiger partial charge in [-0.05, 0) is 79.1 Å². The Kier molecular flexibility index (Phi) is 3.51. The van der Waals surface area contributed by atoms with E-state index >= 15 is 0 Å². The molecule has 0 heterocycles. The average molecular weight is 369 g/mol. The first kappa shape index (κ1) is 15.5. The summed E-state index contributed by atoms with van der Waals surface area (Å²) in [5, 5.41) is 20.6. The predicted octanol–water partition coefficient (Wildman–Crippen LogP) is 4.82. The number of hydrogen-bond acceptors (Lipinski definition) is 2. The highest BCUT2D eigenvalue weighted by Gasteiger charge is 2.61. The zero-order valence-corrected chi connectivity index (χ0v) is 15.3. The third-order valence-electron chi connectivity index (χ3n) is 8.23. The first-order valence-corrected chi connectivity index (χ1v) is 9.98. The summed E-state index contributed by atoms with van der Waals surface area (Å²) in [5.41, 5.74) is 0.483.